The van der Waals surface area contributed by atoms with Crippen molar-refractivity contribution in [3.8, 4) is 10.7 Å². The van der Waals surface area contributed by atoms with Gasteiger partial charge in [0.2, 0.25) is 0 Å². The van der Waals surface area contributed by atoms with E-state index in [9.17, 15) is 0 Å². The highest BCUT2D eigenvalue weighted by atomic mass is 32.1. The van der Waals surface area contributed by atoms with Gasteiger partial charge in [-0.1, -0.05) is 0 Å². The summed E-state index contributed by atoms with van der Waals surface area (Å²) >= 11 is 1.66. The van der Waals surface area contributed by atoms with E-state index in [0.29, 0.717) is 0 Å². The molecule has 0 radical (unpaired) electrons. The molecular weight excluding hydrogens is 170 g/mol. The number of thiophene rings is 1. The van der Waals surface area contributed by atoms with Gasteiger partial charge in [0.1, 0.15) is 0 Å². The highest BCUT2D eigenvalue weighted by Crippen LogP contribution is 2.23. The molecule has 0 aliphatic carbocycles. The van der Waals surface area contributed by atoms with E-state index in [0.717, 1.165) is 10.7 Å². The predicted molar refractivity (Wildman–Crippen MR) is 50.4 cm³/mol. The summed E-state index contributed by atoms with van der Waals surface area (Å²) in [5.41, 5.74) is 1.25. The zero-order valence-electron chi connectivity index (χ0n) is 6.69. The van der Waals surface area contributed by atoms with Crippen LogP contribution in [-0.2, 0) is 0 Å². The first-order valence-electron chi connectivity index (χ1n) is 3.61. The number of aryl methyl sites for hydroxylation is 1. The van der Waals surface area contributed by atoms with Gasteiger partial charge in [0.15, 0.2) is 5.82 Å². The quantitative estimate of drug-likeness (QED) is 0.676. The fourth-order valence-electron chi connectivity index (χ4n) is 1.05. The number of aromatic nitrogens is 2. The first-order chi connectivity index (χ1) is 5.77. The average Bonchev–Trinajstić information content (AvgIpc) is 2.58. The van der Waals surface area contributed by atoms with Crippen molar-refractivity contribution in [2.75, 3.05) is 5.84 Å². The van der Waals surface area contributed by atoms with Crippen LogP contribution in [0.2, 0.25) is 0 Å². The molecule has 0 unspecified atom stereocenters. The van der Waals surface area contributed by atoms with E-state index in [2.05, 4.69) is 23.4 Å². The van der Waals surface area contributed by atoms with E-state index in [4.69, 9.17) is 5.84 Å². The number of rotatable bonds is 1. The van der Waals surface area contributed by atoms with E-state index in [1.54, 1.807) is 23.7 Å². The van der Waals surface area contributed by atoms with Crippen LogP contribution in [0.25, 0.3) is 10.7 Å². The van der Waals surface area contributed by atoms with Crippen molar-refractivity contribution in [1.82, 2.24) is 9.66 Å². The molecule has 4 heteroatoms. The van der Waals surface area contributed by atoms with Gasteiger partial charge in [-0.3, -0.25) is 0 Å². The normalized spacial score (nSPS) is 10.4. The molecule has 2 aromatic heterocycles. The molecule has 2 N–H and O–H groups in total. The molecule has 2 heterocycles. The summed E-state index contributed by atoms with van der Waals surface area (Å²) in [5.74, 6) is 6.47. The Labute approximate surface area is 74.4 Å². The van der Waals surface area contributed by atoms with Gasteiger partial charge in [0.05, 0.1) is 4.88 Å². The van der Waals surface area contributed by atoms with Crippen molar-refractivity contribution in [3.05, 3.63) is 29.4 Å². The molecule has 62 valence electrons. The Bertz CT molecular complexity index is 388. The number of imidazole rings is 1. The second-order valence-corrected chi connectivity index (χ2v) is 3.56. The highest BCUT2D eigenvalue weighted by Gasteiger charge is 2.04. The molecule has 0 aliphatic heterocycles. The standard InChI is InChI=1S/C8H9N3S/c1-6-4-7(12-5-6)8-10-2-3-11(8)9/h2-5H,9H2,1H3. The molecule has 0 atom stereocenters. The number of hydrogen-bond donors (Lipinski definition) is 1. The van der Waals surface area contributed by atoms with E-state index in [-0.39, 0.29) is 0 Å². The molecule has 0 aliphatic rings. The summed E-state index contributed by atoms with van der Waals surface area (Å²) < 4.78 is 1.53. The maximum absolute atomic E-state index is 5.64. The van der Waals surface area contributed by atoms with Crippen molar-refractivity contribution in [3.63, 3.8) is 0 Å². The Hall–Kier alpha value is -1.29. The fraction of sp³-hybridized carbons (Fsp3) is 0.125. The number of hydrogen-bond acceptors (Lipinski definition) is 3. The summed E-state index contributed by atoms with van der Waals surface area (Å²) in [5, 5.41) is 2.09. The maximum Gasteiger partial charge on any atom is 0.168 e. The molecule has 0 amide bonds. The molecule has 0 saturated heterocycles. The second-order valence-electron chi connectivity index (χ2n) is 2.65. The van der Waals surface area contributed by atoms with Crippen molar-refractivity contribution < 1.29 is 0 Å². The minimum atomic E-state index is 0.827. The fourth-order valence-corrected chi connectivity index (χ4v) is 1.95. The minimum Gasteiger partial charge on any atom is -0.338 e. The largest absolute Gasteiger partial charge is 0.338 e. The van der Waals surface area contributed by atoms with Crippen molar-refractivity contribution in [1.29, 1.82) is 0 Å². The van der Waals surface area contributed by atoms with E-state index < -0.39 is 0 Å². The first-order valence-corrected chi connectivity index (χ1v) is 4.49. The molecule has 3 nitrogen and oxygen atoms in total. The zero-order chi connectivity index (χ0) is 8.55. The topological polar surface area (TPSA) is 43.8 Å². The molecule has 2 aromatic rings. The van der Waals surface area contributed by atoms with Crippen LogP contribution in [-0.4, -0.2) is 9.66 Å². The third kappa shape index (κ3) is 1.10. The van der Waals surface area contributed by atoms with Gasteiger partial charge in [-0.25, -0.2) is 9.66 Å². The number of nitrogens with two attached hydrogens (primary N) is 1. The Morgan fingerprint density at radius 2 is 2.42 bits per heavy atom. The molecule has 12 heavy (non-hydrogen) atoms. The van der Waals surface area contributed by atoms with Crippen LogP contribution in [0.5, 0.6) is 0 Å². The van der Waals surface area contributed by atoms with E-state index in [1.807, 2.05) is 0 Å². The lowest BCUT2D eigenvalue weighted by molar-refractivity contribution is 1.02. The van der Waals surface area contributed by atoms with Gasteiger partial charge >= 0.3 is 0 Å². The van der Waals surface area contributed by atoms with Crippen molar-refractivity contribution in [2.45, 2.75) is 6.92 Å². The summed E-state index contributed by atoms with van der Waals surface area (Å²) in [6.07, 6.45) is 3.44. The smallest absolute Gasteiger partial charge is 0.168 e. The van der Waals surface area contributed by atoms with Crippen LogP contribution >= 0.6 is 11.3 Å². The molecule has 0 spiro atoms. The molecular formula is C8H9N3S. The molecule has 0 bridgehead atoms. The predicted octanol–water partition coefficient (Wildman–Crippen LogP) is 1.63. The highest BCUT2D eigenvalue weighted by molar-refractivity contribution is 7.13. The Morgan fingerprint density at radius 1 is 1.58 bits per heavy atom. The van der Waals surface area contributed by atoms with Crippen LogP contribution in [0, 0.1) is 6.92 Å². The molecule has 0 aromatic carbocycles. The summed E-state index contributed by atoms with van der Waals surface area (Å²) in [4.78, 5) is 5.26. The minimum absolute atomic E-state index is 0.827. The van der Waals surface area contributed by atoms with Crippen LogP contribution in [0.1, 0.15) is 5.56 Å². The van der Waals surface area contributed by atoms with Gasteiger partial charge in [-0.15, -0.1) is 11.3 Å². The first kappa shape index (κ1) is 7.36. The third-order valence-electron chi connectivity index (χ3n) is 1.62. The van der Waals surface area contributed by atoms with Gasteiger partial charge in [-0.05, 0) is 23.9 Å². The molecule has 2 rings (SSSR count). The Morgan fingerprint density at radius 3 is 2.92 bits per heavy atom. The van der Waals surface area contributed by atoms with Gasteiger partial charge in [0.25, 0.3) is 0 Å². The van der Waals surface area contributed by atoms with Crippen molar-refractivity contribution in [2.24, 2.45) is 0 Å². The van der Waals surface area contributed by atoms with Gasteiger partial charge in [0, 0.05) is 12.4 Å². The maximum atomic E-state index is 5.64. The number of nitrogen functional groups attached to an aromatic ring is 1. The number of nitrogens with zero attached hydrogens (tertiary/aromatic N) is 2. The Kier molecular flexibility index (Phi) is 1.62. The lowest BCUT2D eigenvalue weighted by Crippen LogP contribution is -2.07. The Balaban J connectivity index is 2.50. The van der Waals surface area contributed by atoms with E-state index in [1.165, 1.54) is 10.2 Å². The molecule has 0 saturated carbocycles. The second kappa shape index (κ2) is 2.64. The van der Waals surface area contributed by atoms with Crippen LogP contribution in [0.4, 0.5) is 0 Å². The van der Waals surface area contributed by atoms with Crippen LogP contribution < -0.4 is 5.84 Å². The van der Waals surface area contributed by atoms with Gasteiger partial charge in [-0.2, -0.15) is 0 Å². The van der Waals surface area contributed by atoms with Crippen LogP contribution in [0.3, 0.4) is 0 Å². The summed E-state index contributed by atoms with van der Waals surface area (Å²) in [6, 6.07) is 2.08. The molecule has 0 fully saturated rings. The van der Waals surface area contributed by atoms with Crippen LogP contribution in [0.15, 0.2) is 23.8 Å². The van der Waals surface area contributed by atoms with E-state index >= 15 is 0 Å². The monoisotopic (exact) mass is 179 g/mol. The van der Waals surface area contributed by atoms with Crippen molar-refractivity contribution >= 4 is 11.3 Å². The average molecular weight is 179 g/mol. The summed E-state index contributed by atoms with van der Waals surface area (Å²) in [7, 11) is 0. The lowest BCUT2D eigenvalue weighted by Gasteiger charge is -1.95. The summed E-state index contributed by atoms with van der Waals surface area (Å²) in [6.45, 7) is 2.06. The van der Waals surface area contributed by atoms with Gasteiger partial charge < -0.3 is 5.84 Å². The lowest BCUT2D eigenvalue weighted by atomic mass is 10.3. The SMILES string of the molecule is Cc1csc(-c2nccn2N)c1. The zero-order valence-corrected chi connectivity index (χ0v) is 7.51. The third-order valence-corrected chi connectivity index (χ3v) is 2.66.